The molecule has 1 aromatic rings. The van der Waals surface area contributed by atoms with Crippen LogP contribution < -0.4 is 11.1 Å². The quantitative estimate of drug-likeness (QED) is 0.768. The molecule has 1 heterocycles. The number of allylic oxidation sites excluding steroid dienone is 1. The number of nitrogens with two attached hydrogens (primary N) is 1. The molecule has 0 spiro atoms. The first-order chi connectivity index (χ1) is 6.66. The van der Waals surface area contributed by atoms with E-state index in [-0.39, 0.29) is 0 Å². The Hall–Kier alpha value is -1.51. The zero-order chi connectivity index (χ0) is 10.6. The number of aromatic nitrogens is 1. The molecule has 1 rings (SSSR count). The molecule has 0 atom stereocenters. The normalized spacial score (nSPS) is 9.86. The first kappa shape index (κ1) is 10.6. The van der Waals surface area contributed by atoms with E-state index in [0.717, 1.165) is 35.6 Å². The zero-order valence-electron chi connectivity index (χ0n) is 8.80. The topological polar surface area (TPSA) is 50.9 Å². The van der Waals surface area contributed by atoms with E-state index in [1.165, 1.54) is 0 Å². The van der Waals surface area contributed by atoms with Gasteiger partial charge in [-0.25, -0.2) is 4.98 Å². The summed E-state index contributed by atoms with van der Waals surface area (Å²) in [7, 11) is 0. The Balaban J connectivity index is 3.02. The number of pyridine rings is 1. The highest BCUT2D eigenvalue weighted by Gasteiger charge is 2.07. The van der Waals surface area contributed by atoms with Gasteiger partial charge in [-0.3, -0.25) is 0 Å². The molecule has 3 nitrogen and oxygen atoms in total. The maximum absolute atomic E-state index is 5.85. The second-order valence-electron chi connectivity index (χ2n) is 3.33. The summed E-state index contributed by atoms with van der Waals surface area (Å²) in [5.41, 5.74) is 8.45. The van der Waals surface area contributed by atoms with E-state index in [9.17, 15) is 0 Å². The van der Waals surface area contributed by atoms with Gasteiger partial charge in [0.1, 0.15) is 5.82 Å². The fourth-order valence-corrected chi connectivity index (χ4v) is 1.30. The van der Waals surface area contributed by atoms with E-state index in [4.69, 9.17) is 5.73 Å². The number of anilines is 2. The Morgan fingerprint density at radius 1 is 1.64 bits per heavy atom. The molecular weight excluding hydrogens is 174 g/mol. The minimum atomic E-state index is 0.728. The van der Waals surface area contributed by atoms with Crippen molar-refractivity contribution in [2.24, 2.45) is 0 Å². The third kappa shape index (κ3) is 2.25. The second kappa shape index (κ2) is 4.65. The molecule has 76 valence electrons. The van der Waals surface area contributed by atoms with Crippen LogP contribution in [0, 0.1) is 0 Å². The van der Waals surface area contributed by atoms with Gasteiger partial charge < -0.3 is 11.1 Å². The number of rotatable bonds is 4. The molecule has 3 heteroatoms. The molecule has 0 amide bonds. The van der Waals surface area contributed by atoms with Crippen molar-refractivity contribution in [2.75, 3.05) is 17.6 Å². The van der Waals surface area contributed by atoms with Crippen LogP contribution in [0.3, 0.4) is 0 Å². The van der Waals surface area contributed by atoms with Gasteiger partial charge in [-0.1, -0.05) is 13.5 Å². The van der Waals surface area contributed by atoms with E-state index in [2.05, 4.69) is 23.8 Å². The van der Waals surface area contributed by atoms with E-state index in [1.807, 2.05) is 6.92 Å². The Labute approximate surface area is 85.0 Å². The third-order valence-electron chi connectivity index (χ3n) is 1.95. The van der Waals surface area contributed by atoms with Gasteiger partial charge in [0.25, 0.3) is 0 Å². The molecule has 0 radical (unpaired) electrons. The van der Waals surface area contributed by atoms with E-state index >= 15 is 0 Å². The van der Waals surface area contributed by atoms with Gasteiger partial charge in [0, 0.05) is 24.0 Å². The highest BCUT2D eigenvalue weighted by molar-refractivity contribution is 5.80. The predicted molar refractivity (Wildman–Crippen MR) is 62.1 cm³/mol. The molecule has 0 aromatic carbocycles. The van der Waals surface area contributed by atoms with E-state index in [1.54, 1.807) is 12.3 Å². The molecule has 14 heavy (non-hydrogen) atoms. The average molecular weight is 191 g/mol. The average Bonchev–Trinajstić information content (AvgIpc) is 2.14. The Kier molecular flexibility index (Phi) is 3.51. The maximum atomic E-state index is 5.85. The van der Waals surface area contributed by atoms with Gasteiger partial charge in [-0.2, -0.15) is 0 Å². The summed E-state index contributed by atoms with van der Waals surface area (Å²) >= 11 is 0. The summed E-state index contributed by atoms with van der Waals surface area (Å²) in [4.78, 5) is 4.25. The highest BCUT2D eigenvalue weighted by Crippen LogP contribution is 2.25. The first-order valence-corrected chi connectivity index (χ1v) is 4.81. The largest absolute Gasteiger partial charge is 0.398 e. The predicted octanol–water partition coefficient (Wildman–Crippen LogP) is 2.52. The molecule has 0 aliphatic carbocycles. The summed E-state index contributed by atoms with van der Waals surface area (Å²) in [6.45, 7) is 8.84. The van der Waals surface area contributed by atoms with Crippen LogP contribution in [-0.4, -0.2) is 11.5 Å². The number of nitrogens with zero attached hydrogens (tertiary/aromatic N) is 1. The first-order valence-electron chi connectivity index (χ1n) is 4.81. The lowest BCUT2D eigenvalue weighted by Crippen LogP contribution is -2.06. The minimum Gasteiger partial charge on any atom is -0.398 e. The highest BCUT2D eigenvalue weighted by atomic mass is 15.0. The molecule has 0 unspecified atom stereocenters. The monoisotopic (exact) mass is 191 g/mol. The van der Waals surface area contributed by atoms with Gasteiger partial charge in [0.05, 0.1) is 0 Å². The number of nitrogens with one attached hydrogen (secondary N) is 1. The van der Waals surface area contributed by atoms with Gasteiger partial charge in [0.15, 0.2) is 0 Å². The Morgan fingerprint density at radius 3 is 2.93 bits per heavy atom. The SMILES string of the molecule is C=C(C)c1c(N)ccnc1NCCC. The molecule has 0 saturated carbocycles. The van der Waals surface area contributed by atoms with Crippen molar-refractivity contribution in [1.82, 2.24) is 4.98 Å². The molecule has 0 aliphatic heterocycles. The number of nitrogen functional groups attached to an aromatic ring is 1. The van der Waals surface area contributed by atoms with Crippen molar-refractivity contribution < 1.29 is 0 Å². The van der Waals surface area contributed by atoms with Crippen LogP contribution in [0.15, 0.2) is 18.8 Å². The minimum absolute atomic E-state index is 0.728. The summed E-state index contributed by atoms with van der Waals surface area (Å²) in [6.07, 6.45) is 2.77. The van der Waals surface area contributed by atoms with Crippen LogP contribution in [0.4, 0.5) is 11.5 Å². The maximum Gasteiger partial charge on any atom is 0.135 e. The molecule has 0 fully saturated rings. The van der Waals surface area contributed by atoms with Gasteiger partial charge >= 0.3 is 0 Å². The number of hydrogen-bond donors (Lipinski definition) is 2. The summed E-state index contributed by atoms with van der Waals surface area (Å²) in [5.74, 6) is 0.833. The molecular formula is C11H17N3. The zero-order valence-corrected chi connectivity index (χ0v) is 8.80. The van der Waals surface area contributed by atoms with E-state index < -0.39 is 0 Å². The lowest BCUT2D eigenvalue weighted by Gasteiger charge is -2.12. The summed E-state index contributed by atoms with van der Waals surface area (Å²) in [6, 6.07) is 1.79. The van der Waals surface area contributed by atoms with Gasteiger partial charge in [-0.05, 0) is 25.0 Å². The van der Waals surface area contributed by atoms with Crippen molar-refractivity contribution in [2.45, 2.75) is 20.3 Å². The summed E-state index contributed by atoms with van der Waals surface area (Å²) in [5, 5.41) is 3.23. The Morgan fingerprint density at radius 2 is 2.36 bits per heavy atom. The smallest absolute Gasteiger partial charge is 0.135 e. The van der Waals surface area contributed by atoms with Crippen molar-refractivity contribution in [3.63, 3.8) is 0 Å². The van der Waals surface area contributed by atoms with Crippen molar-refractivity contribution in [3.8, 4) is 0 Å². The lowest BCUT2D eigenvalue weighted by atomic mass is 10.1. The molecule has 0 saturated heterocycles. The Bertz CT molecular complexity index is 331. The van der Waals surface area contributed by atoms with Crippen LogP contribution in [0.2, 0.25) is 0 Å². The van der Waals surface area contributed by atoms with Crippen molar-refractivity contribution in [1.29, 1.82) is 0 Å². The summed E-state index contributed by atoms with van der Waals surface area (Å²) < 4.78 is 0. The fraction of sp³-hybridized carbons (Fsp3) is 0.364. The fourth-order valence-electron chi connectivity index (χ4n) is 1.30. The standard InChI is InChI=1S/C11H17N3/c1-4-6-13-11-10(8(2)3)9(12)5-7-14-11/h5,7H,2,4,6H2,1,3H3,(H3,12,13,14). The lowest BCUT2D eigenvalue weighted by molar-refractivity contribution is 0.968. The number of hydrogen-bond acceptors (Lipinski definition) is 3. The van der Waals surface area contributed by atoms with Crippen LogP contribution in [0.5, 0.6) is 0 Å². The molecule has 0 aliphatic rings. The van der Waals surface area contributed by atoms with Crippen molar-refractivity contribution >= 4 is 17.1 Å². The van der Waals surface area contributed by atoms with Gasteiger partial charge in [0.2, 0.25) is 0 Å². The molecule has 1 aromatic heterocycles. The van der Waals surface area contributed by atoms with Crippen LogP contribution in [0.25, 0.3) is 5.57 Å². The van der Waals surface area contributed by atoms with Crippen LogP contribution >= 0.6 is 0 Å². The second-order valence-corrected chi connectivity index (χ2v) is 3.33. The molecule has 3 N–H and O–H groups in total. The van der Waals surface area contributed by atoms with E-state index in [0.29, 0.717) is 0 Å². The van der Waals surface area contributed by atoms with Crippen LogP contribution in [-0.2, 0) is 0 Å². The molecule has 0 bridgehead atoms. The van der Waals surface area contributed by atoms with Crippen molar-refractivity contribution in [3.05, 3.63) is 24.4 Å². The third-order valence-corrected chi connectivity index (χ3v) is 1.95. The van der Waals surface area contributed by atoms with Crippen LogP contribution in [0.1, 0.15) is 25.8 Å². The van der Waals surface area contributed by atoms with Gasteiger partial charge in [-0.15, -0.1) is 0 Å².